The van der Waals surface area contributed by atoms with E-state index in [1.165, 1.54) is 0 Å². The molecule has 1 aliphatic carbocycles. The van der Waals surface area contributed by atoms with Gasteiger partial charge in [-0.2, -0.15) is 0 Å². The number of rotatable bonds is 3. The van der Waals surface area contributed by atoms with Crippen molar-refractivity contribution in [1.29, 1.82) is 0 Å². The number of nitrogens with two attached hydrogens (primary N) is 1. The van der Waals surface area contributed by atoms with Crippen molar-refractivity contribution in [2.45, 2.75) is 38.6 Å². The van der Waals surface area contributed by atoms with E-state index in [1.807, 2.05) is 24.3 Å². The minimum Gasteiger partial charge on any atom is -0.371 e. The number of carbonyl (C=O) groups is 1. The van der Waals surface area contributed by atoms with Crippen LogP contribution in [0.2, 0.25) is 0 Å². The van der Waals surface area contributed by atoms with Crippen LogP contribution < -0.4 is 11.1 Å². The fraction of sp³-hybridized carbons (Fsp3) is 0.500. The van der Waals surface area contributed by atoms with Crippen LogP contribution >= 0.6 is 15.9 Å². The molecule has 1 unspecified atom stereocenters. The number of primary amides is 1. The van der Waals surface area contributed by atoms with Crippen LogP contribution in [0.25, 0.3) is 0 Å². The zero-order chi connectivity index (χ0) is 13.4. The number of anilines is 1. The first-order valence-electron chi connectivity index (χ1n) is 6.17. The Morgan fingerprint density at radius 3 is 2.61 bits per heavy atom. The van der Waals surface area contributed by atoms with Gasteiger partial charge in [-0.05, 0) is 42.9 Å². The largest absolute Gasteiger partial charge is 0.371 e. The van der Waals surface area contributed by atoms with Crippen molar-refractivity contribution in [3.05, 3.63) is 28.7 Å². The van der Waals surface area contributed by atoms with Crippen molar-refractivity contribution in [2.24, 2.45) is 11.1 Å². The smallest absolute Gasteiger partial charge is 0.243 e. The van der Waals surface area contributed by atoms with Gasteiger partial charge in [0, 0.05) is 10.2 Å². The first-order chi connectivity index (χ1) is 8.33. The highest BCUT2D eigenvalue weighted by atomic mass is 79.9. The van der Waals surface area contributed by atoms with E-state index >= 15 is 0 Å². The lowest BCUT2D eigenvalue weighted by Gasteiger charge is -2.30. The lowest BCUT2D eigenvalue weighted by molar-refractivity contribution is -0.122. The molecule has 3 N–H and O–H groups in total. The summed E-state index contributed by atoms with van der Waals surface area (Å²) in [5.74, 6) is -0.256. The van der Waals surface area contributed by atoms with E-state index in [2.05, 4.69) is 35.1 Å². The number of hydrogen-bond acceptors (Lipinski definition) is 2. The lowest BCUT2D eigenvalue weighted by atomic mass is 9.87. The topological polar surface area (TPSA) is 55.1 Å². The van der Waals surface area contributed by atoms with Gasteiger partial charge in [0.2, 0.25) is 5.91 Å². The van der Waals surface area contributed by atoms with Crippen LogP contribution in [0.3, 0.4) is 0 Å². The third-order valence-corrected chi connectivity index (χ3v) is 4.18. The molecule has 1 fully saturated rings. The zero-order valence-corrected chi connectivity index (χ0v) is 12.4. The maximum Gasteiger partial charge on any atom is 0.243 e. The van der Waals surface area contributed by atoms with Gasteiger partial charge in [-0.3, -0.25) is 4.79 Å². The maximum absolute atomic E-state index is 11.8. The standard InChI is InChI=1S/C14H19BrN2O/c1-13(2)6-7-14(9-13,12(16)18)17-11-5-3-4-10(15)8-11/h3-5,8,17H,6-7,9H2,1-2H3,(H2,16,18). The maximum atomic E-state index is 11.8. The molecule has 18 heavy (non-hydrogen) atoms. The number of hydrogen-bond donors (Lipinski definition) is 2. The molecule has 1 aliphatic rings. The van der Waals surface area contributed by atoms with E-state index in [1.54, 1.807) is 0 Å². The van der Waals surface area contributed by atoms with Crippen LogP contribution in [0.1, 0.15) is 33.1 Å². The van der Waals surface area contributed by atoms with Crippen molar-refractivity contribution < 1.29 is 4.79 Å². The molecule has 0 aliphatic heterocycles. The summed E-state index contributed by atoms with van der Waals surface area (Å²) < 4.78 is 0.990. The van der Waals surface area contributed by atoms with Crippen molar-refractivity contribution in [1.82, 2.24) is 0 Å². The summed E-state index contributed by atoms with van der Waals surface area (Å²) >= 11 is 3.43. The summed E-state index contributed by atoms with van der Waals surface area (Å²) in [4.78, 5) is 11.8. The second kappa shape index (κ2) is 4.57. The van der Waals surface area contributed by atoms with Gasteiger partial charge in [0.05, 0.1) is 0 Å². The molecule has 4 heteroatoms. The second-order valence-corrected chi connectivity index (χ2v) is 6.84. The van der Waals surface area contributed by atoms with Crippen molar-refractivity contribution >= 4 is 27.5 Å². The average Bonchev–Trinajstić information content (AvgIpc) is 2.55. The Labute approximate surface area is 116 Å². The third kappa shape index (κ3) is 2.69. The van der Waals surface area contributed by atoms with Crippen LogP contribution in [0.5, 0.6) is 0 Å². The number of benzene rings is 1. The number of carbonyl (C=O) groups excluding carboxylic acids is 1. The summed E-state index contributed by atoms with van der Waals surface area (Å²) in [6, 6.07) is 7.83. The summed E-state index contributed by atoms with van der Waals surface area (Å²) in [7, 11) is 0. The molecule has 0 bridgehead atoms. The van der Waals surface area contributed by atoms with Crippen molar-refractivity contribution in [3.63, 3.8) is 0 Å². The fourth-order valence-corrected chi connectivity index (χ4v) is 3.17. The molecule has 1 aromatic carbocycles. The van der Waals surface area contributed by atoms with Crippen molar-refractivity contribution in [3.8, 4) is 0 Å². The molecule has 1 aromatic rings. The Balaban J connectivity index is 2.26. The first-order valence-corrected chi connectivity index (χ1v) is 6.96. The van der Waals surface area contributed by atoms with Gasteiger partial charge in [0.25, 0.3) is 0 Å². The van der Waals surface area contributed by atoms with Gasteiger partial charge in [-0.1, -0.05) is 35.8 Å². The van der Waals surface area contributed by atoms with E-state index in [0.717, 1.165) is 29.4 Å². The Morgan fingerprint density at radius 1 is 1.39 bits per heavy atom. The molecular formula is C14H19BrN2O. The number of amides is 1. The lowest BCUT2D eigenvalue weighted by Crippen LogP contribution is -2.49. The highest BCUT2D eigenvalue weighted by Gasteiger charge is 2.47. The molecule has 0 saturated heterocycles. The minimum absolute atomic E-state index is 0.161. The Bertz CT molecular complexity index is 473. The zero-order valence-electron chi connectivity index (χ0n) is 10.8. The molecule has 0 radical (unpaired) electrons. The average molecular weight is 311 g/mol. The summed E-state index contributed by atoms with van der Waals surface area (Å²) in [6.45, 7) is 4.36. The van der Waals surface area contributed by atoms with Crippen LogP contribution in [-0.4, -0.2) is 11.4 Å². The summed E-state index contributed by atoms with van der Waals surface area (Å²) in [5.41, 5.74) is 6.11. The Kier molecular flexibility index (Phi) is 3.41. The van der Waals surface area contributed by atoms with Gasteiger partial charge in [0.1, 0.15) is 5.54 Å². The molecule has 0 heterocycles. The van der Waals surface area contributed by atoms with Crippen LogP contribution in [0, 0.1) is 5.41 Å². The number of halogens is 1. The monoisotopic (exact) mass is 310 g/mol. The molecule has 1 saturated carbocycles. The molecule has 1 atom stereocenters. The molecular weight excluding hydrogens is 292 g/mol. The van der Waals surface area contributed by atoms with Crippen LogP contribution in [0.4, 0.5) is 5.69 Å². The molecule has 0 spiro atoms. The van der Waals surface area contributed by atoms with Gasteiger partial charge in [-0.15, -0.1) is 0 Å². The Morgan fingerprint density at radius 2 is 2.11 bits per heavy atom. The Hall–Kier alpha value is -1.03. The summed E-state index contributed by atoms with van der Waals surface area (Å²) in [5, 5.41) is 3.35. The third-order valence-electron chi connectivity index (χ3n) is 3.69. The minimum atomic E-state index is -0.607. The molecule has 98 valence electrons. The van der Waals surface area contributed by atoms with E-state index < -0.39 is 5.54 Å². The fourth-order valence-electron chi connectivity index (χ4n) is 2.77. The SMILES string of the molecule is CC1(C)CCC(Nc2cccc(Br)c2)(C(N)=O)C1. The van der Waals surface area contributed by atoms with Crippen molar-refractivity contribution in [2.75, 3.05) is 5.32 Å². The van der Waals surface area contributed by atoms with E-state index in [0.29, 0.717) is 0 Å². The van der Waals surface area contributed by atoms with Gasteiger partial charge >= 0.3 is 0 Å². The van der Waals surface area contributed by atoms with Crippen LogP contribution in [-0.2, 0) is 4.79 Å². The predicted octanol–water partition coefficient (Wildman–Crippen LogP) is 3.30. The highest BCUT2D eigenvalue weighted by molar-refractivity contribution is 9.10. The number of nitrogens with one attached hydrogen (secondary N) is 1. The summed E-state index contributed by atoms with van der Waals surface area (Å²) in [6.07, 6.45) is 2.58. The highest BCUT2D eigenvalue weighted by Crippen LogP contribution is 2.45. The molecule has 3 nitrogen and oxygen atoms in total. The van der Waals surface area contributed by atoms with Gasteiger partial charge < -0.3 is 11.1 Å². The van der Waals surface area contributed by atoms with E-state index in [-0.39, 0.29) is 11.3 Å². The quantitative estimate of drug-likeness (QED) is 0.900. The van der Waals surface area contributed by atoms with Gasteiger partial charge in [-0.25, -0.2) is 0 Å². The van der Waals surface area contributed by atoms with Gasteiger partial charge in [0.15, 0.2) is 0 Å². The van der Waals surface area contributed by atoms with Crippen LogP contribution in [0.15, 0.2) is 28.7 Å². The molecule has 0 aromatic heterocycles. The first kappa shape index (κ1) is 13.4. The second-order valence-electron chi connectivity index (χ2n) is 5.92. The van der Waals surface area contributed by atoms with E-state index in [4.69, 9.17) is 5.73 Å². The predicted molar refractivity (Wildman–Crippen MR) is 77.3 cm³/mol. The van der Waals surface area contributed by atoms with E-state index in [9.17, 15) is 4.79 Å². The molecule has 1 amide bonds. The molecule has 2 rings (SSSR count). The normalized spacial score (nSPS) is 25.9.